The monoisotopic (exact) mass is 573 g/mol. The fraction of sp³-hybridized carbons (Fsp3) is 0.296. The second-order valence-electron chi connectivity index (χ2n) is 9.04. The molecule has 1 aliphatic rings. The molecule has 1 N–H and O–H groups in total. The number of nitrogens with one attached hydrogen (secondary N) is 1. The number of aryl methyl sites for hydroxylation is 1. The molecule has 208 valence electrons. The van der Waals surface area contributed by atoms with Gasteiger partial charge >= 0.3 is 0 Å². The molecular weight excluding hydrogens is 542 g/mol. The van der Waals surface area contributed by atoms with E-state index in [9.17, 15) is 21.6 Å². The van der Waals surface area contributed by atoms with Crippen molar-refractivity contribution in [1.82, 2.24) is 4.31 Å². The van der Waals surface area contributed by atoms with Crippen LogP contribution >= 0.6 is 0 Å². The average Bonchev–Trinajstić information content (AvgIpc) is 3.48. The number of carbonyl (C=O) groups is 1. The molecule has 0 radical (unpaired) electrons. The summed E-state index contributed by atoms with van der Waals surface area (Å²) in [5.41, 5.74) is 1.34. The smallest absolute Gasteiger partial charge is 0.264 e. The number of methoxy groups -OCH3 is 2. The lowest BCUT2D eigenvalue weighted by Crippen LogP contribution is -2.38. The molecule has 3 aromatic carbocycles. The summed E-state index contributed by atoms with van der Waals surface area (Å²) in [6, 6.07) is 16.8. The topological polar surface area (TPSA) is 122 Å². The molecule has 1 fully saturated rings. The largest absolute Gasteiger partial charge is 0.497 e. The number of nitrogens with zero attached hydrogens (tertiary/aromatic N) is 2. The molecule has 0 saturated carbocycles. The number of ether oxygens (including phenoxy) is 2. The summed E-state index contributed by atoms with van der Waals surface area (Å²) in [5, 5.41) is 2.64. The van der Waals surface area contributed by atoms with Crippen LogP contribution in [-0.2, 0) is 24.8 Å². The van der Waals surface area contributed by atoms with Gasteiger partial charge in [-0.3, -0.25) is 9.10 Å². The van der Waals surface area contributed by atoms with Gasteiger partial charge in [0.05, 0.1) is 35.4 Å². The van der Waals surface area contributed by atoms with Crippen LogP contribution in [0.5, 0.6) is 11.5 Å². The zero-order valence-electron chi connectivity index (χ0n) is 22.0. The Morgan fingerprint density at radius 2 is 1.49 bits per heavy atom. The van der Waals surface area contributed by atoms with E-state index in [1.165, 1.54) is 61.0 Å². The zero-order chi connectivity index (χ0) is 28.2. The molecule has 0 atom stereocenters. The minimum Gasteiger partial charge on any atom is -0.497 e. The number of carbonyl (C=O) groups excluding carboxylic acids is 1. The molecule has 4 rings (SSSR count). The molecule has 0 spiro atoms. The normalized spacial score (nSPS) is 14.1. The Hall–Kier alpha value is -3.61. The maximum Gasteiger partial charge on any atom is 0.264 e. The highest BCUT2D eigenvalue weighted by Gasteiger charge is 2.30. The Kier molecular flexibility index (Phi) is 8.48. The lowest BCUT2D eigenvalue weighted by Gasteiger charge is -2.24. The lowest BCUT2D eigenvalue weighted by atomic mass is 10.2. The highest BCUT2D eigenvalue weighted by Crippen LogP contribution is 2.31. The Morgan fingerprint density at radius 1 is 0.872 bits per heavy atom. The van der Waals surface area contributed by atoms with Crippen molar-refractivity contribution >= 4 is 37.3 Å². The van der Waals surface area contributed by atoms with Gasteiger partial charge < -0.3 is 14.8 Å². The molecule has 1 aliphatic heterocycles. The van der Waals surface area contributed by atoms with Crippen molar-refractivity contribution < 1.29 is 31.1 Å². The maximum absolute atomic E-state index is 13.7. The van der Waals surface area contributed by atoms with E-state index >= 15 is 0 Å². The van der Waals surface area contributed by atoms with Gasteiger partial charge in [0, 0.05) is 13.1 Å². The van der Waals surface area contributed by atoms with Crippen LogP contribution in [0.25, 0.3) is 0 Å². The minimum atomic E-state index is -4.15. The number of hydrogen-bond acceptors (Lipinski definition) is 7. The number of benzene rings is 3. The number of sulfonamides is 2. The molecule has 0 unspecified atom stereocenters. The Balaban J connectivity index is 1.65. The van der Waals surface area contributed by atoms with Crippen LogP contribution in [0.4, 0.5) is 11.4 Å². The van der Waals surface area contributed by atoms with Crippen molar-refractivity contribution in [3.8, 4) is 11.5 Å². The number of amides is 1. The predicted molar refractivity (Wildman–Crippen MR) is 148 cm³/mol. The first kappa shape index (κ1) is 28.4. The van der Waals surface area contributed by atoms with Crippen LogP contribution < -0.4 is 19.1 Å². The van der Waals surface area contributed by atoms with Gasteiger partial charge in [-0.25, -0.2) is 16.8 Å². The van der Waals surface area contributed by atoms with Gasteiger partial charge in [-0.15, -0.1) is 0 Å². The molecule has 39 heavy (non-hydrogen) atoms. The number of rotatable bonds is 10. The summed E-state index contributed by atoms with van der Waals surface area (Å²) in [6.45, 7) is 2.17. The minimum absolute atomic E-state index is 0.0155. The summed E-state index contributed by atoms with van der Waals surface area (Å²) in [5.74, 6) is 0.0507. The molecule has 12 heteroatoms. The fourth-order valence-corrected chi connectivity index (χ4v) is 7.21. The molecule has 10 nitrogen and oxygen atoms in total. The van der Waals surface area contributed by atoms with Crippen molar-refractivity contribution in [1.29, 1.82) is 0 Å². The van der Waals surface area contributed by atoms with Crippen LogP contribution in [0.3, 0.4) is 0 Å². The van der Waals surface area contributed by atoms with E-state index in [2.05, 4.69) is 5.32 Å². The molecule has 3 aromatic rings. The van der Waals surface area contributed by atoms with Gasteiger partial charge in [-0.2, -0.15) is 4.31 Å². The highest BCUT2D eigenvalue weighted by molar-refractivity contribution is 7.92. The van der Waals surface area contributed by atoms with Crippen molar-refractivity contribution in [3.05, 3.63) is 72.3 Å². The molecule has 0 aliphatic carbocycles. The van der Waals surface area contributed by atoms with Gasteiger partial charge in [0.15, 0.2) is 0 Å². The van der Waals surface area contributed by atoms with Crippen molar-refractivity contribution in [2.24, 2.45) is 0 Å². The second-order valence-corrected chi connectivity index (χ2v) is 12.8. The van der Waals surface area contributed by atoms with Crippen LogP contribution in [-0.4, -0.2) is 60.9 Å². The van der Waals surface area contributed by atoms with E-state index in [1.54, 1.807) is 24.3 Å². The predicted octanol–water partition coefficient (Wildman–Crippen LogP) is 3.63. The maximum atomic E-state index is 13.7. The third kappa shape index (κ3) is 6.18. The molecule has 0 bridgehead atoms. The van der Waals surface area contributed by atoms with E-state index in [0.29, 0.717) is 24.5 Å². The molecule has 1 saturated heterocycles. The van der Waals surface area contributed by atoms with Gasteiger partial charge in [-0.1, -0.05) is 17.7 Å². The first-order valence-electron chi connectivity index (χ1n) is 12.3. The van der Waals surface area contributed by atoms with E-state index in [1.807, 2.05) is 6.92 Å². The molecule has 0 aromatic heterocycles. The summed E-state index contributed by atoms with van der Waals surface area (Å²) in [4.78, 5) is 13.3. The van der Waals surface area contributed by atoms with Gasteiger partial charge in [0.1, 0.15) is 18.0 Å². The van der Waals surface area contributed by atoms with E-state index in [-0.39, 0.29) is 21.2 Å². The van der Waals surface area contributed by atoms with Crippen molar-refractivity contribution in [2.75, 3.05) is 43.5 Å². The quantitative estimate of drug-likeness (QED) is 0.393. The van der Waals surface area contributed by atoms with Crippen molar-refractivity contribution in [2.45, 2.75) is 29.6 Å². The number of hydrogen-bond donors (Lipinski definition) is 1. The third-order valence-corrected chi connectivity index (χ3v) is 10.1. The standard InChI is InChI=1S/C27H31N3O7S2/c1-20-6-8-21(9-7-20)30(39(34,35)23-12-10-22(36-2)11-13-23)19-27(31)28-25-18-24(14-15-26(25)37-3)38(32,33)29-16-4-5-17-29/h6-15,18H,4-5,16-17,19H2,1-3H3,(H,28,31). The summed E-state index contributed by atoms with van der Waals surface area (Å²) < 4.78 is 66.3. The Bertz CT molecular complexity index is 1530. The van der Waals surface area contributed by atoms with Crippen LogP contribution in [0.15, 0.2) is 76.5 Å². The average molecular weight is 574 g/mol. The first-order valence-corrected chi connectivity index (χ1v) is 15.2. The van der Waals surface area contributed by atoms with Crippen LogP contribution in [0.1, 0.15) is 18.4 Å². The fourth-order valence-electron chi connectivity index (χ4n) is 4.24. The molecule has 1 amide bonds. The third-order valence-electron chi connectivity index (χ3n) is 6.40. The number of anilines is 2. The van der Waals surface area contributed by atoms with Crippen molar-refractivity contribution in [3.63, 3.8) is 0 Å². The van der Waals surface area contributed by atoms with Gasteiger partial charge in [-0.05, 0) is 74.4 Å². The van der Waals surface area contributed by atoms with Gasteiger partial charge in [0.25, 0.3) is 10.0 Å². The summed E-state index contributed by atoms with van der Waals surface area (Å²) in [6.07, 6.45) is 1.58. The first-order chi connectivity index (χ1) is 18.6. The Labute approximate surface area is 229 Å². The van der Waals surface area contributed by atoms with Crippen LogP contribution in [0, 0.1) is 6.92 Å². The summed E-state index contributed by atoms with van der Waals surface area (Å²) >= 11 is 0. The highest BCUT2D eigenvalue weighted by atomic mass is 32.2. The van der Waals surface area contributed by atoms with E-state index in [4.69, 9.17) is 9.47 Å². The second kappa shape index (κ2) is 11.6. The summed E-state index contributed by atoms with van der Waals surface area (Å²) in [7, 11) is -5.03. The zero-order valence-corrected chi connectivity index (χ0v) is 23.6. The SMILES string of the molecule is COc1ccc(S(=O)(=O)N(CC(=O)Nc2cc(S(=O)(=O)N3CCCC3)ccc2OC)c2ccc(C)cc2)cc1. The molecular formula is C27H31N3O7S2. The van der Waals surface area contributed by atoms with Gasteiger partial charge in [0.2, 0.25) is 15.9 Å². The Morgan fingerprint density at radius 3 is 2.08 bits per heavy atom. The van der Waals surface area contributed by atoms with Crippen LogP contribution in [0.2, 0.25) is 0 Å². The molecule has 1 heterocycles. The lowest BCUT2D eigenvalue weighted by molar-refractivity contribution is -0.114. The van der Waals surface area contributed by atoms with E-state index < -0.39 is 32.5 Å². The van der Waals surface area contributed by atoms with E-state index in [0.717, 1.165) is 22.7 Å².